The molecular weight excluding hydrogens is 278 g/mol. The molecule has 0 spiro atoms. The molecule has 0 aliphatic rings. The summed E-state index contributed by atoms with van der Waals surface area (Å²) >= 11 is 3.27. The SMILES string of the molecule is CSc1nc2ccc(NC(=O)CCC(C)N)cc2s1. The normalized spacial score (nSPS) is 12.6. The van der Waals surface area contributed by atoms with Gasteiger partial charge in [-0.3, -0.25) is 4.79 Å². The molecule has 3 N–H and O–H groups in total. The van der Waals surface area contributed by atoms with Gasteiger partial charge in [-0.25, -0.2) is 4.98 Å². The molecule has 0 saturated carbocycles. The zero-order chi connectivity index (χ0) is 13.8. The second kappa shape index (κ2) is 6.36. The van der Waals surface area contributed by atoms with Gasteiger partial charge in [-0.05, 0) is 37.8 Å². The van der Waals surface area contributed by atoms with Crippen molar-refractivity contribution in [3.05, 3.63) is 18.2 Å². The van der Waals surface area contributed by atoms with E-state index in [4.69, 9.17) is 5.73 Å². The van der Waals surface area contributed by atoms with Crippen LogP contribution in [0.5, 0.6) is 0 Å². The van der Waals surface area contributed by atoms with Gasteiger partial charge in [-0.1, -0.05) is 11.8 Å². The first kappa shape index (κ1) is 14.3. The maximum absolute atomic E-state index is 11.7. The van der Waals surface area contributed by atoms with Crippen molar-refractivity contribution in [3.8, 4) is 0 Å². The summed E-state index contributed by atoms with van der Waals surface area (Å²) in [4.78, 5) is 16.2. The monoisotopic (exact) mass is 295 g/mol. The van der Waals surface area contributed by atoms with E-state index < -0.39 is 0 Å². The van der Waals surface area contributed by atoms with Crippen LogP contribution in [0.4, 0.5) is 5.69 Å². The fourth-order valence-corrected chi connectivity index (χ4v) is 3.18. The molecular formula is C13H17N3OS2. The zero-order valence-corrected chi connectivity index (χ0v) is 12.6. The average Bonchev–Trinajstić information content (AvgIpc) is 2.78. The Morgan fingerprint density at radius 3 is 3.05 bits per heavy atom. The number of anilines is 1. The molecule has 2 aromatic rings. The van der Waals surface area contributed by atoms with Crippen LogP contribution in [0.15, 0.2) is 22.5 Å². The smallest absolute Gasteiger partial charge is 0.224 e. The van der Waals surface area contributed by atoms with Gasteiger partial charge in [-0.15, -0.1) is 11.3 Å². The highest BCUT2D eigenvalue weighted by Gasteiger charge is 2.07. The van der Waals surface area contributed by atoms with E-state index >= 15 is 0 Å². The predicted octanol–water partition coefficient (Wildman–Crippen LogP) is 3.08. The van der Waals surface area contributed by atoms with Crippen LogP contribution in [0, 0.1) is 0 Å². The summed E-state index contributed by atoms with van der Waals surface area (Å²) < 4.78 is 2.13. The van der Waals surface area contributed by atoms with Crippen LogP contribution in [0.25, 0.3) is 10.2 Å². The van der Waals surface area contributed by atoms with Crippen molar-refractivity contribution in [2.24, 2.45) is 5.73 Å². The number of carbonyl (C=O) groups is 1. The summed E-state index contributed by atoms with van der Waals surface area (Å²) in [5, 5.41) is 2.89. The lowest BCUT2D eigenvalue weighted by molar-refractivity contribution is -0.116. The summed E-state index contributed by atoms with van der Waals surface area (Å²) in [7, 11) is 0. The first-order chi connectivity index (χ1) is 9.08. The third-order valence-electron chi connectivity index (χ3n) is 2.65. The lowest BCUT2D eigenvalue weighted by Crippen LogP contribution is -2.19. The van der Waals surface area contributed by atoms with Gasteiger partial charge >= 0.3 is 0 Å². The van der Waals surface area contributed by atoms with E-state index in [1.165, 1.54) is 0 Å². The molecule has 0 aliphatic carbocycles. The van der Waals surface area contributed by atoms with Crippen molar-refractivity contribution >= 4 is 44.9 Å². The van der Waals surface area contributed by atoms with Crippen molar-refractivity contribution < 1.29 is 4.79 Å². The number of nitrogens with two attached hydrogens (primary N) is 1. The highest BCUT2D eigenvalue weighted by Crippen LogP contribution is 2.29. The van der Waals surface area contributed by atoms with E-state index in [1.54, 1.807) is 23.1 Å². The third kappa shape index (κ3) is 3.92. The van der Waals surface area contributed by atoms with Gasteiger partial charge in [0, 0.05) is 18.2 Å². The summed E-state index contributed by atoms with van der Waals surface area (Å²) in [6, 6.07) is 5.85. The molecule has 1 aromatic carbocycles. The van der Waals surface area contributed by atoms with Gasteiger partial charge in [0.15, 0.2) is 4.34 Å². The van der Waals surface area contributed by atoms with Gasteiger partial charge in [0.2, 0.25) is 5.91 Å². The number of amides is 1. The summed E-state index contributed by atoms with van der Waals surface area (Å²) in [6.45, 7) is 1.90. The van der Waals surface area contributed by atoms with Crippen LogP contribution in [0.1, 0.15) is 19.8 Å². The molecule has 2 rings (SSSR count). The second-order valence-corrected chi connectivity index (χ2v) is 6.51. The number of fused-ring (bicyclic) bond motifs is 1. The number of hydrogen-bond acceptors (Lipinski definition) is 5. The molecule has 1 aromatic heterocycles. The minimum atomic E-state index is 0.00579. The number of nitrogens with one attached hydrogen (secondary N) is 1. The Labute approximate surface area is 120 Å². The van der Waals surface area contributed by atoms with E-state index in [2.05, 4.69) is 10.3 Å². The minimum Gasteiger partial charge on any atom is -0.328 e. The minimum absolute atomic E-state index is 0.00579. The van der Waals surface area contributed by atoms with Gasteiger partial charge in [0.1, 0.15) is 0 Å². The van der Waals surface area contributed by atoms with Crippen LogP contribution in [0.2, 0.25) is 0 Å². The Balaban J connectivity index is 2.06. The topological polar surface area (TPSA) is 68.0 Å². The van der Waals surface area contributed by atoms with Crippen LogP contribution in [0.3, 0.4) is 0 Å². The van der Waals surface area contributed by atoms with Crippen molar-refractivity contribution in [2.45, 2.75) is 30.1 Å². The largest absolute Gasteiger partial charge is 0.328 e. The summed E-state index contributed by atoms with van der Waals surface area (Å²) in [6.07, 6.45) is 3.16. The lowest BCUT2D eigenvalue weighted by Gasteiger charge is -2.06. The van der Waals surface area contributed by atoms with E-state index in [1.807, 2.05) is 31.4 Å². The van der Waals surface area contributed by atoms with Crippen molar-refractivity contribution in [1.82, 2.24) is 4.98 Å². The van der Waals surface area contributed by atoms with E-state index in [9.17, 15) is 4.79 Å². The maximum atomic E-state index is 11.7. The second-order valence-electron chi connectivity index (χ2n) is 4.43. The first-order valence-corrected chi connectivity index (χ1v) is 8.12. The van der Waals surface area contributed by atoms with Crippen molar-refractivity contribution in [3.63, 3.8) is 0 Å². The van der Waals surface area contributed by atoms with Crippen molar-refractivity contribution in [1.29, 1.82) is 0 Å². The van der Waals surface area contributed by atoms with Crippen LogP contribution in [-0.2, 0) is 4.79 Å². The number of benzene rings is 1. The number of aromatic nitrogens is 1. The fraction of sp³-hybridized carbons (Fsp3) is 0.385. The Bertz CT molecular complexity index is 580. The highest BCUT2D eigenvalue weighted by molar-refractivity contribution is 8.00. The van der Waals surface area contributed by atoms with E-state index in [0.29, 0.717) is 12.8 Å². The van der Waals surface area contributed by atoms with Crippen molar-refractivity contribution in [2.75, 3.05) is 11.6 Å². The first-order valence-electron chi connectivity index (χ1n) is 6.08. The van der Waals surface area contributed by atoms with Gasteiger partial charge in [0.25, 0.3) is 0 Å². The Kier molecular flexibility index (Phi) is 4.79. The molecule has 19 heavy (non-hydrogen) atoms. The Hall–Kier alpha value is -1.11. The van der Waals surface area contributed by atoms with Gasteiger partial charge in [0.05, 0.1) is 10.2 Å². The predicted molar refractivity (Wildman–Crippen MR) is 82.9 cm³/mol. The molecule has 0 aliphatic heterocycles. The summed E-state index contributed by atoms with van der Waals surface area (Å²) in [5.41, 5.74) is 7.43. The molecule has 1 unspecified atom stereocenters. The number of thioether (sulfide) groups is 1. The lowest BCUT2D eigenvalue weighted by atomic mass is 10.2. The molecule has 4 nitrogen and oxygen atoms in total. The van der Waals surface area contributed by atoms with E-state index in [-0.39, 0.29) is 11.9 Å². The molecule has 1 amide bonds. The molecule has 6 heteroatoms. The van der Waals surface area contributed by atoms with Crippen LogP contribution in [-0.4, -0.2) is 23.2 Å². The molecule has 102 valence electrons. The third-order valence-corrected chi connectivity index (χ3v) is 4.66. The average molecular weight is 295 g/mol. The molecule has 0 radical (unpaired) electrons. The Morgan fingerprint density at radius 2 is 2.37 bits per heavy atom. The molecule has 1 heterocycles. The standard InChI is InChI=1S/C13H17N3OS2/c1-8(14)3-6-12(17)15-9-4-5-10-11(7-9)19-13(16-10)18-2/h4-5,7-8H,3,6,14H2,1-2H3,(H,15,17). The molecule has 0 bridgehead atoms. The zero-order valence-electron chi connectivity index (χ0n) is 11.0. The maximum Gasteiger partial charge on any atom is 0.224 e. The molecule has 0 fully saturated rings. The number of rotatable bonds is 5. The summed E-state index contributed by atoms with van der Waals surface area (Å²) in [5.74, 6) is 0.00579. The van der Waals surface area contributed by atoms with E-state index in [0.717, 1.165) is 20.2 Å². The number of hydrogen-bond donors (Lipinski definition) is 2. The van der Waals surface area contributed by atoms with Gasteiger partial charge < -0.3 is 11.1 Å². The highest BCUT2D eigenvalue weighted by atomic mass is 32.2. The quantitative estimate of drug-likeness (QED) is 0.832. The molecule has 1 atom stereocenters. The number of carbonyl (C=O) groups excluding carboxylic acids is 1. The van der Waals surface area contributed by atoms with Crippen LogP contribution < -0.4 is 11.1 Å². The number of thiazole rings is 1. The molecule has 0 saturated heterocycles. The Morgan fingerprint density at radius 1 is 1.58 bits per heavy atom. The fourth-order valence-electron chi connectivity index (χ4n) is 1.65. The van der Waals surface area contributed by atoms with Gasteiger partial charge in [-0.2, -0.15) is 0 Å². The number of nitrogens with zero attached hydrogens (tertiary/aromatic N) is 1. The van der Waals surface area contributed by atoms with Crippen LogP contribution >= 0.6 is 23.1 Å².